The first kappa shape index (κ1) is 21.9. The molecule has 0 saturated heterocycles. The lowest BCUT2D eigenvalue weighted by molar-refractivity contribution is 0.164. The standard InChI is InChI=1S/C28H24N2O4S/c31-35(32,27-29-25(19-11-3-1-4-12-19)21-15-7-9-17-23(21)33-27)28-30-26(20-13-5-2-6-14-20)22-16-8-10-18-24(22)34-28/h1-18,25-30H. The molecule has 4 atom stereocenters. The van der Waals surface area contributed by atoms with Crippen molar-refractivity contribution in [1.29, 1.82) is 0 Å². The van der Waals surface area contributed by atoms with Gasteiger partial charge in [0.05, 0.1) is 12.1 Å². The van der Waals surface area contributed by atoms with Crippen molar-refractivity contribution in [2.24, 2.45) is 0 Å². The minimum absolute atomic E-state index is 0.346. The molecule has 0 aromatic heterocycles. The van der Waals surface area contributed by atoms with Crippen LogP contribution in [0, 0.1) is 0 Å². The van der Waals surface area contributed by atoms with Crippen LogP contribution >= 0.6 is 0 Å². The molecule has 2 heterocycles. The lowest BCUT2D eigenvalue weighted by Gasteiger charge is -2.38. The van der Waals surface area contributed by atoms with Crippen molar-refractivity contribution in [3.8, 4) is 11.5 Å². The molecule has 0 saturated carbocycles. The summed E-state index contributed by atoms with van der Waals surface area (Å²) >= 11 is 0. The van der Waals surface area contributed by atoms with Gasteiger partial charge in [0.2, 0.25) is 0 Å². The minimum atomic E-state index is -4.02. The second-order valence-electron chi connectivity index (χ2n) is 8.58. The average molecular weight is 485 g/mol. The van der Waals surface area contributed by atoms with Crippen LogP contribution in [0.25, 0.3) is 0 Å². The van der Waals surface area contributed by atoms with Crippen LogP contribution in [-0.2, 0) is 9.84 Å². The third kappa shape index (κ3) is 3.97. The Morgan fingerprint density at radius 3 is 1.31 bits per heavy atom. The van der Waals surface area contributed by atoms with Gasteiger partial charge in [-0.1, -0.05) is 97.1 Å². The van der Waals surface area contributed by atoms with Crippen molar-refractivity contribution < 1.29 is 17.9 Å². The molecule has 176 valence electrons. The monoisotopic (exact) mass is 484 g/mol. The van der Waals surface area contributed by atoms with Crippen LogP contribution in [0.5, 0.6) is 11.5 Å². The molecule has 0 spiro atoms. The highest BCUT2D eigenvalue weighted by molar-refractivity contribution is 7.92. The van der Waals surface area contributed by atoms with Crippen molar-refractivity contribution >= 4 is 9.84 Å². The molecule has 0 fully saturated rings. The normalized spacial score (nSPS) is 23.3. The molecule has 0 aliphatic carbocycles. The second-order valence-corrected chi connectivity index (χ2v) is 10.6. The summed E-state index contributed by atoms with van der Waals surface area (Å²) < 4.78 is 39.9. The van der Waals surface area contributed by atoms with Crippen LogP contribution in [0.1, 0.15) is 34.3 Å². The van der Waals surface area contributed by atoms with Gasteiger partial charge in [-0.3, -0.25) is 10.6 Å². The summed E-state index contributed by atoms with van der Waals surface area (Å²) in [5, 5.41) is 6.42. The van der Waals surface area contributed by atoms with E-state index in [9.17, 15) is 8.42 Å². The first-order valence-electron chi connectivity index (χ1n) is 11.5. The predicted molar refractivity (Wildman–Crippen MR) is 133 cm³/mol. The maximum Gasteiger partial charge on any atom is 0.258 e. The second kappa shape index (κ2) is 8.85. The summed E-state index contributed by atoms with van der Waals surface area (Å²) in [7, 11) is -4.02. The molecule has 0 amide bonds. The van der Waals surface area contributed by atoms with Gasteiger partial charge in [0.25, 0.3) is 21.0 Å². The quantitative estimate of drug-likeness (QED) is 0.444. The molecule has 4 unspecified atom stereocenters. The Kier molecular flexibility index (Phi) is 5.53. The number of benzene rings is 4. The van der Waals surface area contributed by atoms with Gasteiger partial charge in [0, 0.05) is 11.1 Å². The van der Waals surface area contributed by atoms with E-state index in [4.69, 9.17) is 9.47 Å². The van der Waals surface area contributed by atoms with Crippen LogP contribution in [-0.4, -0.2) is 19.5 Å². The van der Waals surface area contributed by atoms with E-state index < -0.39 is 21.0 Å². The van der Waals surface area contributed by atoms with E-state index in [0.29, 0.717) is 11.5 Å². The lowest BCUT2D eigenvalue weighted by atomic mass is 9.97. The number of rotatable bonds is 4. The first-order chi connectivity index (χ1) is 17.1. The number of ether oxygens (including phenoxy) is 2. The molecule has 2 N–H and O–H groups in total. The molecular formula is C28H24N2O4S. The number of fused-ring (bicyclic) bond motifs is 2. The molecule has 0 radical (unpaired) electrons. The Balaban J connectivity index is 1.37. The predicted octanol–water partition coefficient (Wildman–Crippen LogP) is 4.51. The maximum absolute atomic E-state index is 13.9. The van der Waals surface area contributed by atoms with Gasteiger partial charge in [-0.05, 0) is 23.3 Å². The van der Waals surface area contributed by atoms with E-state index in [1.165, 1.54) is 0 Å². The number of hydrogen-bond donors (Lipinski definition) is 2. The van der Waals surface area contributed by atoms with Gasteiger partial charge in [0.1, 0.15) is 11.5 Å². The van der Waals surface area contributed by atoms with E-state index in [-0.39, 0.29) is 12.1 Å². The Morgan fingerprint density at radius 2 is 0.886 bits per heavy atom. The molecule has 0 bridgehead atoms. The molecule has 7 heteroatoms. The highest BCUT2D eigenvalue weighted by atomic mass is 32.2. The zero-order valence-electron chi connectivity index (χ0n) is 18.7. The number of nitrogens with one attached hydrogen (secondary N) is 2. The van der Waals surface area contributed by atoms with Crippen molar-refractivity contribution in [3.05, 3.63) is 131 Å². The number of para-hydroxylation sites is 2. The third-order valence-corrected chi connectivity index (χ3v) is 8.05. The molecule has 4 aromatic rings. The molecular weight excluding hydrogens is 460 g/mol. The van der Waals surface area contributed by atoms with Gasteiger partial charge in [-0.15, -0.1) is 0 Å². The molecule has 2 aliphatic rings. The maximum atomic E-state index is 13.9. The van der Waals surface area contributed by atoms with Gasteiger partial charge in [-0.2, -0.15) is 0 Å². The molecule has 6 nitrogen and oxygen atoms in total. The van der Waals surface area contributed by atoms with E-state index in [0.717, 1.165) is 22.3 Å². The van der Waals surface area contributed by atoms with Crippen LogP contribution in [0.15, 0.2) is 109 Å². The fourth-order valence-electron chi connectivity index (χ4n) is 4.68. The molecule has 6 rings (SSSR count). The highest BCUT2D eigenvalue weighted by Crippen LogP contribution is 2.39. The summed E-state index contributed by atoms with van der Waals surface area (Å²) in [5.41, 5.74) is 1.07. The smallest absolute Gasteiger partial charge is 0.258 e. The summed E-state index contributed by atoms with van der Waals surface area (Å²) in [5.74, 6) is 1.06. The summed E-state index contributed by atoms with van der Waals surface area (Å²) in [6.45, 7) is 0. The summed E-state index contributed by atoms with van der Waals surface area (Å²) in [6.07, 6.45) is 0. The SMILES string of the molecule is O=S(=O)(C1NC(c2ccccc2)c2ccccc2O1)C1NC(c2ccccc2)c2ccccc2O1. The van der Waals surface area contributed by atoms with Gasteiger partial charge in [-0.25, -0.2) is 8.42 Å². The van der Waals surface area contributed by atoms with E-state index in [2.05, 4.69) is 10.6 Å². The summed E-state index contributed by atoms with van der Waals surface area (Å²) in [4.78, 5) is 0. The van der Waals surface area contributed by atoms with Crippen molar-refractivity contribution in [2.75, 3.05) is 0 Å². The van der Waals surface area contributed by atoms with Crippen LogP contribution in [0.4, 0.5) is 0 Å². The zero-order valence-corrected chi connectivity index (χ0v) is 19.6. The average Bonchev–Trinajstić information content (AvgIpc) is 2.92. The zero-order chi connectivity index (χ0) is 23.8. The lowest BCUT2D eigenvalue weighted by Crippen LogP contribution is -2.57. The van der Waals surface area contributed by atoms with E-state index >= 15 is 0 Å². The van der Waals surface area contributed by atoms with Crippen LogP contribution in [0.3, 0.4) is 0 Å². The minimum Gasteiger partial charge on any atom is -0.460 e. The van der Waals surface area contributed by atoms with E-state index in [1.54, 1.807) is 12.1 Å². The molecule has 2 aliphatic heterocycles. The molecule has 4 aromatic carbocycles. The third-order valence-electron chi connectivity index (χ3n) is 6.40. The number of sulfone groups is 1. The van der Waals surface area contributed by atoms with E-state index in [1.807, 2.05) is 97.1 Å². The molecule has 35 heavy (non-hydrogen) atoms. The van der Waals surface area contributed by atoms with Gasteiger partial charge in [0.15, 0.2) is 0 Å². The van der Waals surface area contributed by atoms with Crippen molar-refractivity contribution in [1.82, 2.24) is 10.6 Å². The number of hydrogen-bond acceptors (Lipinski definition) is 6. The topological polar surface area (TPSA) is 76.7 Å². The van der Waals surface area contributed by atoms with Crippen molar-refractivity contribution in [3.63, 3.8) is 0 Å². The highest BCUT2D eigenvalue weighted by Gasteiger charge is 2.45. The fourth-order valence-corrected chi connectivity index (χ4v) is 6.03. The van der Waals surface area contributed by atoms with Crippen LogP contribution < -0.4 is 20.1 Å². The van der Waals surface area contributed by atoms with Gasteiger partial charge < -0.3 is 9.47 Å². The Hall–Kier alpha value is -3.65. The first-order valence-corrected chi connectivity index (χ1v) is 13.1. The Labute approximate surface area is 204 Å². The largest absolute Gasteiger partial charge is 0.460 e. The Morgan fingerprint density at radius 1 is 0.514 bits per heavy atom. The van der Waals surface area contributed by atoms with Crippen molar-refractivity contribution in [2.45, 2.75) is 23.2 Å². The van der Waals surface area contributed by atoms with Crippen LogP contribution in [0.2, 0.25) is 0 Å². The fraction of sp³-hybridized carbons (Fsp3) is 0.143. The van der Waals surface area contributed by atoms with Gasteiger partial charge >= 0.3 is 0 Å². The summed E-state index contributed by atoms with van der Waals surface area (Å²) in [6, 6.07) is 33.8. The Bertz CT molecular complexity index is 1340.